The van der Waals surface area contributed by atoms with Crippen LogP contribution in [0.2, 0.25) is 0 Å². The number of benzene rings is 1. The summed E-state index contributed by atoms with van der Waals surface area (Å²) in [6, 6.07) is 7.60. The van der Waals surface area contributed by atoms with Gasteiger partial charge in [-0.25, -0.2) is 0 Å². The molecular formula is C17H21F3N4O2S. The maximum atomic E-state index is 13.0. The van der Waals surface area contributed by atoms with E-state index >= 15 is 0 Å². The van der Waals surface area contributed by atoms with Crippen molar-refractivity contribution >= 4 is 17.7 Å². The smallest absolute Gasteiger partial charge is 0.406 e. The number of rotatable bonds is 7. The van der Waals surface area contributed by atoms with Crippen molar-refractivity contribution in [3.05, 3.63) is 29.8 Å². The highest BCUT2D eigenvalue weighted by molar-refractivity contribution is 7.99. The zero-order chi connectivity index (χ0) is 19.3. The van der Waals surface area contributed by atoms with Gasteiger partial charge < -0.3 is 14.4 Å². The molecule has 1 aliphatic heterocycles. The number of aryl methyl sites for hydroxylation is 1. The molecule has 0 bridgehead atoms. The van der Waals surface area contributed by atoms with Gasteiger partial charge in [0.25, 0.3) is 0 Å². The number of hydrogen-bond donors (Lipinski definition) is 0. The highest BCUT2D eigenvalue weighted by atomic mass is 32.2. The number of para-hydroxylation sites is 1. The molecule has 27 heavy (non-hydrogen) atoms. The van der Waals surface area contributed by atoms with Crippen molar-refractivity contribution in [1.29, 1.82) is 0 Å². The van der Waals surface area contributed by atoms with Crippen LogP contribution in [0.15, 0.2) is 29.4 Å². The molecular weight excluding hydrogens is 381 g/mol. The molecule has 0 amide bonds. The predicted octanol–water partition coefficient (Wildman–Crippen LogP) is 3.16. The van der Waals surface area contributed by atoms with Crippen LogP contribution in [-0.4, -0.2) is 59.6 Å². The Hall–Kier alpha value is -1.94. The molecule has 148 valence electrons. The fourth-order valence-corrected chi connectivity index (χ4v) is 3.46. The van der Waals surface area contributed by atoms with Crippen molar-refractivity contribution in [1.82, 2.24) is 14.8 Å². The first-order valence-electron chi connectivity index (χ1n) is 8.58. The van der Waals surface area contributed by atoms with Crippen molar-refractivity contribution in [3.8, 4) is 5.75 Å². The lowest BCUT2D eigenvalue weighted by atomic mass is 10.2. The van der Waals surface area contributed by atoms with Gasteiger partial charge in [0, 0.05) is 18.8 Å². The van der Waals surface area contributed by atoms with Gasteiger partial charge in [0.05, 0.1) is 19.8 Å². The maximum Gasteiger partial charge on any atom is 0.406 e. The summed E-state index contributed by atoms with van der Waals surface area (Å²) in [6.45, 7) is 3.11. The third-order valence-corrected chi connectivity index (χ3v) is 4.93. The molecule has 0 atom stereocenters. The van der Waals surface area contributed by atoms with Gasteiger partial charge in [0.2, 0.25) is 5.95 Å². The zero-order valence-corrected chi connectivity index (χ0v) is 15.7. The molecule has 10 heteroatoms. The lowest BCUT2D eigenvalue weighted by Gasteiger charge is -2.28. The van der Waals surface area contributed by atoms with Crippen molar-refractivity contribution in [2.75, 3.05) is 43.6 Å². The van der Waals surface area contributed by atoms with Crippen LogP contribution in [0.4, 0.5) is 19.1 Å². The highest BCUT2D eigenvalue weighted by Crippen LogP contribution is 2.28. The largest absolute Gasteiger partial charge is 0.492 e. The Bertz CT molecular complexity index is 748. The fourth-order valence-electron chi connectivity index (χ4n) is 2.71. The third kappa shape index (κ3) is 5.52. The van der Waals surface area contributed by atoms with E-state index in [1.807, 2.05) is 31.2 Å². The number of thioether (sulfide) groups is 1. The van der Waals surface area contributed by atoms with Gasteiger partial charge in [-0.05, 0) is 18.6 Å². The standard InChI is InChI=1S/C17H21F3N4O2S/c1-13-4-2-3-5-14(13)26-10-11-27-16-22-21-15(23-6-8-25-9-7-23)24(16)12-17(18,19)20/h2-5H,6-12H2,1H3. The van der Waals surface area contributed by atoms with E-state index in [4.69, 9.17) is 9.47 Å². The van der Waals surface area contributed by atoms with E-state index in [0.717, 1.165) is 15.9 Å². The average Bonchev–Trinajstić information content (AvgIpc) is 3.01. The Morgan fingerprint density at radius 2 is 1.93 bits per heavy atom. The van der Waals surface area contributed by atoms with E-state index in [2.05, 4.69) is 10.2 Å². The van der Waals surface area contributed by atoms with E-state index < -0.39 is 12.7 Å². The van der Waals surface area contributed by atoms with Crippen molar-refractivity contribution in [2.45, 2.75) is 24.8 Å². The number of aromatic nitrogens is 3. The van der Waals surface area contributed by atoms with E-state index in [9.17, 15) is 13.2 Å². The number of halogens is 3. The molecule has 0 radical (unpaired) electrons. The average molecular weight is 402 g/mol. The van der Waals surface area contributed by atoms with Gasteiger partial charge in [-0.2, -0.15) is 13.2 Å². The summed E-state index contributed by atoms with van der Waals surface area (Å²) >= 11 is 1.20. The van der Waals surface area contributed by atoms with Gasteiger partial charge >= 0.3 is 6.18 Å². The molecule has 3 rings (SSSR count). The molecule has 0 saturated carbocycles. The molecule has 1 fully saturated rings. The summed E-state index contributed by atoms with van der Waals surface area (Å²) in [5, 5.41) is 8.21. The Morgan fingerprint density at radius 1 is 1.19 bits per heavy atom. The Labute approximate surface area is 159 Å². The van der Waals surface area contributed by atoms with Gasteiger partial charge in [-0.15, -0.1) is 10.2 Å². The Morgan fingerprint density at radius 3 is 2.63 bits per heavy atom. The summed E-state index contributed by atoms with van der Waals surface area (Å²) in [4.78, 5) is 1.77. The monoisotopic (exact) mass is 402 g/mol. The van der Waals surface area contributed by atoms with E-state index in [-0.39, 0.29) is 11.1 Å². The second-order valence-electron chi connectivity index (χ2n) is 6.05. The molecule has 2 heterocycles. The molecule has 1 aromatic carbocycles. The number of hydrogen-bond acceptors (Lipinski definition) is 6. The van der Waals surface area contributed by atoms with Crippen molar-refractivity contribution in [2.24, 2.45) is 0 Å². The van der Waals surface area contributed by atoms with E-state index in [1.54, 1.807) is 4.90 Å². The predicted molar refractivity (Wildman–Crippen MR) is 96.5 cm³/mol. The number of alkyl halides is 3. The topological polar surface area (TPSA) is 52.4 Å². The molecule has 1 aliphatic rings. The Balaban J connectivity index is 1.65. The van der Waals surface area contributed by atoms with Crippen LogP contribution in [0.3, 0.4) is 0 Å². The molecule has 0 N–H and O–H groups in total. The van der Waals surface area contributed by atoms with Crippen LogP contribution in [0.25, 0.3) is 0 Å². The van der Waals surface area contributed by atoms with Crippen molar-refractivity contribution < 1.29 is 22.6 Å². The minimum Gasteiger partial charge on any atom is -0.492 e. The number of morpholine rings is 1. The minimum atomic E-state index is -4.35. The molecule has 0 unspecified atom stereocenters. The lowest BCUT2D eigenvalue weighted by molar-refractivity contribution is -0.141. The summed E-state index contributed by atoms with van der Waals surface area (Å²) in [6.07, 6.45) is -4.35. The zero-order valence-electron chi connectivity index (χ0n) is 14.9. The van der Waals surface area contributed by atoms with Gasteiger partial charge in [0.1, 0.15) is 12.3 Å². The van der Waals surface area contributed by atoms with Gasteiger partial charge in [-0.3, -0.25) is 4.57 Å². The summed E-state index contributed by atoms with van der Waals surface area (Å²) in [7, 11) is 0. The number of ether oxygens (including phenoxy) is 2. The van der Waals surface area contributed by atoms with Crippen molar-refractivity contribution in [3.63, 3.8) is 0 Å². The highest BCUT2D eigenvalue weighted by Gasteiger charge is 2.32. The van der Waals surface area contributed by atoms with Gasteiger partial charge in [0.15, 0.2) is 5.16 Å². The summed E-state index contributed by atoms with van der Waals surface area (Å²) < 4.78 is 51.2. The van der Waals surface area contributed by atoms with E-state index in [1.165, 1.54) is 11.8 Å². The SMILES string of the molecule is Cc1ccccc1OCCSc1nnc(N2CCOCC2)n1CC(F)(F)F. The first-order chi connectivity index (χ1) is 12.9. The fraction of sp³-hybridized carbons (Fsp3) is 0.529. The van der Waals surface area contributed by atoms with Crippen LogP contribution in [-0.2, 0) is 11.3 Å². The number of nitrogens with zero attached hydrogens (tertiary/aromatic N) is 4. The molecule has 1 saturated heterocycles. The molecule has 2 aromatic rings. The quantitative estimate of drug-likeness (QED) is 0.524. The third-order valence-electron chi connectivity index (χ3n) is 3.99. The summed E-state index contributed by atoms with van der Waals surface area (Å²) in [5.74, 6) is 1.47. The second kappa shape index (κ2) is 8.83. The van der Waals surface area contributed by atoms with Crippen LogP contribution < -0.4 is 9.64 Å². The van der Waals surface area contributed by atoms with Crippen LogP contribution in [0.5, 0.6) is 5.75 Å². The molecule has 0 spiro atoms. The summed E-state index contributed by atoms with van der Waals surface area (Å²) in [5.41, 5.74) is 1.01. The molecule has 6 nitrogen and oxygen atoms in total. The maximum absolute atomic E-state index is 13.0. The normalized spacial score (nSPS) is 15.2. The number of anilines is 1. The minimum absolute atomic E-state index is 0.234. The van der Waals surface area contributed by atoms with Crippen LogP contribution in [0, 0.1) is 6.92 Å². The first-order valence-corrected chi connectivity index (χ1v) is 9.56. The molecule has 0 aliphatic carbocycles. The van der Waals surface area contributed by atoms with Gasteiger partial charge in [-0.1, -0.05) is 30.0 Å². The molecule has 1 aromatic heterocycles. The van der Waals surface area contributed by atoms with Crippen LogP contribution >= 0.6 is 11.8 Å². The first kappa shape index (κ1) is 19.8. The Kier molecular flexibility index (Phi) is 6.48. The van der Waals surface area contributed by atoms with Crippen LogP contribution in [0.1, 0.15) is 5.56 Å². The van der Waals surface area contributed by atoms with E-state index in [0.29, 0.717) is 38.7 Å². The lowest BCUT2D eigenvalue weighted by Crippen LogP contribution is -2.38. The second-order valence-corrected chi connectivity index (χ2v) is 7.11.